The maximum Gasteiger partial charge on any atom is 0.472 e. The summed E-state index contributed by atoms with van der Waals surface area (Å²) in [5.41, 5.74) is 0. The van der Waals surface area contributed by atoms with Crippen LogP contribution in [0.3, 0.4) is 0 Å². The number of aliphatic hydroxyl groups excluding tert-OH is 1. The molecular weight excluding hydrogens is 1330 g/mol. The molecule has 0 aromatic carbocycles. The van der Waals surface area contributed by atoms with Crippen molar-refractivity contribution in [3.8, 4) is 0 Å². The molecule has 5 atom stereocenters. The Morgan fingerprint density at radius 2 is 0.451 bits per heavy atom. The van der Waals surface area contributed by atoms with Crippen LogP contribution < -0.4 is 0 Å². The molecule has 0 spiro atoms. The van der Waals surface area contributed by atoms with Crippen LogP contribution >= 0.6 is 15.6 Å². The molecule has 0 bridgehead atoms. The first kappa shape index (κ1) is 100. The molecule has 0 aliphatic rings. The Hall–Kier alpha value is -1.94. The number of carbonyl (C=O) groups is 4. The van der Waals surface area contributed by atoms with Gasteiger partial charge < -0.3 is 33.8 Å². The second-order valence-electron chi connectivity index (χ2n) is 31.3. The van der Waals surface area contributed by atoms with Gasteiger partial charge in [0.1, 0.15) is 19.3 Å². The number of hydrogen-bond donors (Lipinski definition) is 3. The van der Waals surface area contributed by atoms with Gasteiger partial charge in [0, 0.05) is 25.7 Å². The molecule has 0 heterocycles. The zero-order valence-corrected chi connectivity index (χ0v) is 68.9. The van der Waals surface area contributed by atoms with Gasteiger partial charge in [-0.3, -0.25) is 37.3 Å². The van der Waals surface area contributed by atoms with Gasteiger partial charge in [0.2, 0.25) is 0 Å². The van der Waals surface area contributed by atoms with Crippen LogP contribution in [0.5, 0.6) is 0 Å². The van der Waals surface area contributed by atoms with Crippen molar-refractivity contribution in [2.75, 3.05) is 39.6 Å². The highest BCUT2D eigenvalue weighted by Crippen LogP contribution is 2.45. The molecule has 2 unspecified atom stereocenters. The molecule has 3 N–H and O–H groups in total. The first-order valence-corrected chi connectivity index (χ1v) is 45.8. The van der Waals surface area contributed by atoms with Crippen molar-refractivity contribution in [1.29, 1.82) is 0 Å². The predicted octanol–water partition coefficient (Wildman–Crippen LogP) is 24.9. The van der Waals surface area contributed by atoms with Crippen LogP contribution in [0.4, 0.5) is 0 Å². The van der Waals surface area contributed by atoms with E-state index in [1.165, 1.54) is 244 Å². The number of ether oxygens (including phenoxy) is 4. The molecule has 17 nitrogen and oxygen atoms in total. The van der Waals surface area contributed by atoms with E-state index in [0.717, 1.165) is 108 Å². The summed E-state index contributed by atoms with van der Waals surface area (Å²) in [6, 6.07) is 0. The van der Waals surface area contributed by atoms with Crippen molar-refractivity contribution in [1.82, 2.24) is 0 Å². The van der Waals surface area contributed by atoms with Crippen molar-refractivity contribution in [3.63, 3.8) is 0 Å². The zero-order chi connectivity index (χ0) is 75.1. The highest BCUT2D eigenvalue weighted by atomic mass is 31.2. The second kappa shape index (κ2) is 73.2. The molecule has 0 saturated carbocycles. The van der Waals surface area contributed by atoms with Gasteiger partial charge >= 0.3 is 39.5 Å². The SMILES string of the molecule is CCCCCCCCCCCCCCCCCCCCCCCC(=O)O[C@H](COC(=O)CCCCCCCCCCCCCCCCCC(C)C)COP(=O)(O)OC[C@@H](O)COP(=O)(O)OC[C@@H](COC(=O)CCCCCCCCCCC(C)C)OC(=O)CCCCCCCCCCCC(C)C. The van der Waals surface area contributed by atoms with Gasteiger partial charge in [-0.15, -0.1) is 0 Å². The molecule has 606 valence electrons. The van der Waals surface area contributed by atoms with Crippen LogP contribution in [0.15, 0.2) is 0 Å². The van der Waals surface area contributed by atoms with E-state index in [4.69, 9.17) is 37.0 Å². The highest BCUT2D eigenvalue weighted by molar-refractivity contribution is 7.47. The lowest BCUT2D eigenvalue weighted by Gasteiger charge is -2.21. The standard InChI is InChI=1S/C83H162O17P2/c1-8-9-10-11-12-13-14-15-16-17-18-19-20-21-24-28-31-36-45-52-59-66-82(87)99-78(70-93-80(85)64-57-50-43-35-30-27-25-22-23-26-29-33-40-47-54-61-74(2)3)72-97-101(89,90)95-68-77(84)69-96-102(91,92)98-73-79(71-94-81(86)65-58-51-44-39-38-42-49-56-63-76(6)7)100-83(88)67-60-53-46-37-32-34-41-48-55-62-75(4)5/h74-79,84H,8-73H2,1-7H3,(H,89,90)(H,91,92)/t77-,78-,79-/m1/s1. The first-order chi connectivity index (χ1) is 49.2. The van der Waals surface area contributed by atoms with Crippen molar-refractivity contribution in [2.24, 2.45) is 17.8 Å². The van der Waals surface area contributed by atoms with Crippen LogP contribution in [0.25, 0.3) is 0 Å². The lowest BCUT2D eigenvalue weighted by atomic mass is 10.0. The van der Waals surface area contributed by atoms with E-state index in [1.54, 1.807) is 0 Å². The summed E-state index contributed by atoms with van der Waals surface area (Å²) < 4.78 is 68.8. The van der Waals surface area contributed by atoms with Gasteiger partial charge in [-0.2, -0.15) is 0 Å². The topological polar surface area (TPSA) is 237 Å². The van der Waals surface area contributed by atoms with Crippen LogP contribution in [0, 0.1) is 17.8 Å². The number of esters is 4. The Morgan fingerprint density at radius 1 is 0.265 bits per heavy atom. The molecule has 102 heavy (non-hydrogen) atoms. The molecule has 0 saturated heterocycles. The van der Waals surface area contributed by atoms with Gasteiger partial charge in [-0.05, 0) is 43.4 Å². The largest absolute Gasteiger partial charge is 0.472 e. The van der Waals surface area contributed by atoms with Crippen LogP contribution in [-0.4, -0.2) is 96.7 Å². The highest BCUT2D eigenvalue weighted by Gasteiger charge is 2.30. The number of phosphoric ester groups is 2. The van der Waals surface area contributed by atoms with Crippen LogP contribution in [0.1, 0.15) is 434 Å². The fourth-order valence-corrected chi connectivity index (χ4v) is 14.4. The normalized spacial score (nSPS) is 13.9. The van der Waals surface area contributed by atoms with Gasteiger partial charge in [-0.25, -0.2) is 9.13 Å². The predicted molar refractivity (Wildman–Crippen MR) is 418 cm³/mol. The summed E-state index contributed by atoms with van der Waals surface area (Å²) >= 11 is 0. The van der Waals surface area contributed by atoms with E-state index in [2.05, 4.69) is 48.5 Å². The molecular formula is C83H162O17P2. The van der Waals surface area contributed by atoms with Gasteiger partial charge in [0.15, 0.2) is 12.2 Å². The van der Waals surface area contributed by atoms with Gasteiger partial charge in [-0.1, -0.05) is 382 Å². The molecule has 19 heteroatoms. The minimum atomic E-state index is -4.96. The van der Waals surface area contributed by atoms with Crippen molar-refractivity contribution in [3.05, 3.63) is 0 Å². The average molecular weight is 1490 g/mol. The number of rotatable bonds is 81. The van der Waals surface area contributed by atoms with E-state index >= 15 is 0 Å². The van der Waals surface area contributed by atoms with Crippen LogP contribution in [0.2, 0.25) is 0 Å². The maximum atomic E-state index is 13.1. The van der Waals surface area contributed by atoms with E-state index < -0.39 is 97.5 Å². The summed E-state index contributed by atoms with van der Waals surface area (Å²) in [6.07, 6.45) is 62.6. The first-order valence-electron chi connectivity index (χ1n) is 42.8. The number of hydrogen-bond acceptors (Lipinski definition) is 15. The minimum Gasteiger partial charge on any atom is -0.462 e. The van der Waals surface area contributed by atoms with E-state index in [-0.39, 0.29) is 25.7 Å². The molecule has 0 aromatic heterocycles. The van der Waals surface area contributed by atoms with Gasteiger partial charge in [0.05, 0.1) is 26.4 Å². The van der Waals surface area contributed by atoms with E-state index in [0.29, 0.717) is 25.7 Å². The Balaban J connectivity index is 5.22. The lowest BCUT2D eigenvalue weighted by molar-refractivity contribution is -0.161. The molecule has 0 aliphatic carbocycles. The van der Waals surface area contributed by atoms with E-state index in [9.17, 15) is 43.2 Å². The summed E-state index contributed by atoms with van der Waals surface area (Å²) in [4.78, 5) is 73.1. The molecule has 0 fully saturated rings. The smallest absolute Gasteiger partial charge is 0.462 e. The van der Waals surface area contributed by atoms with Crippen molar-refractivity contribution >= 4 is 39.5 Å². The summed E-state index contributed by atoms with van der Waals surface area (Å²) in [6.45, 7) is 11.9. The molecule has 0 radical (unpaired) electrons. The number of aliphatic hydroxyl groups is 1. The van der Waals surface area contributed by atoms with Crippen molar-refractivity contribution < 1.29 is 80.2 Å². The summed E-state index contributed by atoms with van der Waals surface area (Å²) in [5.74, 6) is 0.158. The van der Waals surface area contributed by atoms with Crippen molar-refractivity contribution in [2.45, 2.75) is 452 Å². The fraction of sp³-hybridized carbons (Fsp3) is 0.952. The fourth-order valence-electron chi connectivity index (χ4n) is 12.8. The maximum absolute atomic E-state index is 13.1. The zero-order valence-electron chi connectivity index (χ0n) is 67.1. The quantitative estimate of drug-likeness (QED) is 0.0222. The van der Waals surface area contributed by atoms with E-state index in [1.807, 2.05) is 0 Å². The van der Waals surface area contributed by atoms with Crippen LogP contribution in [-0.2, 0) is 65.4 Å². The summed E-state index contributed by atoms with van der Waals surface area (Å²) in [7, 11) is -9.92. The Labute approximate surface area is 626 Å². The second-order valence-corrected chi connectivity index (χ2v) is 34.2. The molecule has 0 aromatic rings. The third kappa shape index (κ3) is 76.3. The third-order valence-corrected chi connectivity index (χ3v) is 21.3. The Bertz CT molecular complexity index is 1970. The Kier molecular flexibility index (Phi) is 71.8. The summed E-state index contributed by atoms with van der Waals surface area (Å²) in [5, 5.41) is 10.6. The van der Waals surface area contributed by atoms with Gasteiger partial charge in [0.25, 0.3) is 0 Å². The average Bonchev–Trinajstić information content (AvgIpc) is 0.915. The number of unbranched alkanes of at least 4 members (excludes halogenated alkanes) is 49. The Morgan fingerprint density at radius 3 is 0.667 bits per heavy atom. The number of phosphoric acid groups is 2. The lowest BCUT2D eigenvalue weighted by Crippen LogP contribution is -2.30. The molecule has 0 aliphatic heterocycles. The number of carbonyl (C=O) groups excluding carboxylic acids is 4. The molecule has 0 rings (SSSR count). The monoisotopic (exact) mass is 1490 g/mol. The molecule has 0 amide bonds. The third-order valence-electron chi connectivity index (χ3n) is 19.4. The minimum absolute atomic E-state index is 0.105.